The van der Waals surface area contributed by atoms with Crippen LogP contribution in [0.15, 0.2) is 11.6 Å². The highest BCUT2D eigenvalue weighted by Gasteiger charge is 2.69. The summed E-state index contributed by atoms with van der Waals surface area (Å²) in [5, 5.41) is 10.6. The highest BCUT2D eigenvalue weighted by molar-refractivity contribution is 5.76. The second-order valence-electron chi connectivity index (χ2n) is 15.7. The average molecular weight is 527 g/mol. The monoisotopic (exact) mass is 526 g/mol. The molecular formula is C34H54O4. The van der Waals surface area contributed by atoms with E-state index in [1.165, 1.54) is 18.4 Å². The Morgan fingerprint density at radius 2 is 1.66 bits per heavy atom. The van der Waals surface area contributed by atoms with Crippen LogP contribution in [-0.2, 0) is 14.3 Å². The van der Waals surface area contributed by atoms with E-state index >= 15 is 0 Å². The van der Waals surface area contributed by atoms with Crippen LogP contribution in [-0.4, -0.2) is 23.1 Å². The number of allylic oxidation sites excluding steroid dienone is 2. The molecule has 5 aliphatic carbocycles. The van der Waals surface area contributed by atoms with Gasteiger partial charge in [-0.1, -0.05) is 67.0 Å². The van der Waals surface area contributed by atoms with Crippen molar-refractivity contribution in [1.29, 1.82) is 0 Å². The minimum atomic E-state index is -0.579. The van der Waals surface area contributed by atoms with E-state index in [-0.39, 0.29) is 39.7 Å². The molecule has 0 spiro atoms. The van der Waals surface area contributed by atoms with Crippen molar-refractivity contribution in [3.63, 3.8) is 0 Å². The van der Waals surface area contributed by atoms with Crippen LogP contribution in [0.25, 0.3) is 0 Å². The van der Waals surface area contributed by atoms with Crippen molar-refractivity contribution in [3.05, 3.63) is 11.6 Å². The van der Waals surface area contributed by atoms with Gasteiger partial charge in [0.15, 0.2) is 0 Å². The molecule has 10 atom stereocenters. The van der Waals surface area contributed by atoms with Crippen molar-refractivity contribution in [2.24, 2.45) is 56.7 Å². The van der Waals surface area contributed by atoms with Crippen molar-refractivity contribution in [1.82, 2.24) is 0 Å². The fraction of sp³-hybridized carbons (Fsp3) is 0.882. The standard InChI is InChI=1S/C34H54O4/c1-9-10-27(35)38-26-15-16-31(6)24(30(26,4)5)14-17-33(8)25(31)12-11-23-28-22(3)21(2)13-18-34(28,29(36)37)20-19-32(23,33)7/h11,21-22,24-26,28H,9-10,12-20H2,1-8H3,(H,36,37)/t21-,22+,24?,25-,26+,28+,31+,32-,33-,34+/m1/s1. The average Bonchev–Trinajstić information content (AvgIpc) is 2.83. The highest BCUT2D eigenvalue weighted by Crippen LogP contribution is 2.75. The fourth-order valence-electron chi connectivity index (χ4n) is 11.5. The third kappa shape index (κ3) is 3.59. The third-order valence-corrected chi connectivity index (χ3v) is 14.1. The van der Waals surface area contributed by atoms with E-state index in [0.717, 1.165) is 51.4 Å². The van der Waals surface area contributed by atoms with Crippen molar-refractivity contribution >= 4 is 11.9 Å². The minimum absolute atomic E-state index is 0.00435. The number of carboxylic acid groups (broad SMARTS) is 1. The molecule has 0 amide bonds. The molecule has 0 aliphatic heterocycles. The minimum Gasteiger partial charge on any atom is -0.481 e. The number of esters is 1. The Labute approximate surface area is 231 Å². The van der Waals surface area contributed by atoms with Gasteiger partial charge in [-0.25, -0.2) is 0 Å². The molecule has 5 aliphatic rings. The Bertz CT molecular complexity index is 1010. The van der Waals surface area contributed by atoms with Gasteiger partial charge in [-0.15, -0.1) is 0 Å². The maximum atomic E-state index is 12.9. The second-order valence-corrected chi connectivity index (χ2v) is 15.7. The van der Waals surface area contributed by atoms with Crippen LogP contribution < -0.4 is 0 Å². The maximum absolute atomic E-state index is 12.9. The molecule has 0 radical (unpaired) electrons. The number of rotatable bonds is 4. The first kappa shape index (κ1) is 28.2. The van der Waals surface area contributed by atoms with Gasteiger partial charge in [-0.2, -0.15) is 0 Å². The molecule has 0 aromatic heterocycles. The van der Waals surface area contributed by atoms with Crippen LogP contribution in [0.5, 0.6) is 0 Å². The summed E-state index contributed by atoms with van der Waals surface area (Å²) in [7, 11) is 0. The molecule has 0 aromatic carbocycles. The van der Waals surface area contributed by atoms with Crippen molar-refractivity contribution in [2.45, 2.75) is 132 Å². The number of ether oxygens (including phenoxy) is 1. The van der Waals surface area contributed by atoms with Gasteiger partial charge in [0.1, 0.15) is 6.10 Å². The van der Waals surface area contributed by atoms with Crippen molar-refractivity contribution < 1.29 is 19.4 Å². The summed E-state index contributed by atoms with van der Waals surface area (Å²) in [6.07, 6.45) is 13.1. The molecule has 1 unspecified atom stereocenters. The lowest BCUT2D eigenvalue weighted by molar-refractivity contribution is -0.214. The second kappa shape index (κ2) is 9.10. The van der Waals surface area contributed by atoms with Gasteiger partial charge in [0.05, 0.1) is 5.41 Å². The molecule has 4 heteroatoms. The zero-order valence-electron chi connectivity index (χ0n) is 25.5. The molecule has 214 valence electrons. The Balaban J connectivity index is 1.52. The van der Waals surface area contributed by atoms with Crippen molar-refractivity contribution in [2.75, 3.05) is 0 Å². The van der Waals surface area contributed by atoms with Gasteiger partial charge in [0.25, 0.3) is 0 Å². The summed E-state index contributed by atoms with van der Waals surface area (Å²) in [4.78, 5) is 25.4. The Morgan fingerprint density at radius 3 is 2.32 bits per heavy atom. The summed E-state index contributed by atoms with van der Waals surface area (Å²) in [6, 6.07) is 0. The molecule has 4 nitrogen and oxygen atoms in total. The van der Waals surface area contributed by atoms with E-state index in [9.17, 15) is 14.7 Å². The molecular weight excluding hydrogens is 472 g/mol. The van der Waals surface area contributed by atoms with Crippen LogP contribution in [0.4, 0.5) is 0 Å². The Morgan fingerprint density at radius 1 is 0.947 bits per heavy atom. The molecule has 0 bridgehead atoms. The molecule has 0 heterocycles. The van der Waals surface area contributed by atoms with E-state index in [2.05, 4.69) is 54.5 Å². The van der Waals surface area contributed by atoms with Gasteiger partial charge in [0.2, 0.25) is 0 Å². The number of aliphatic carboxylic acids is 1. The zero-order chi connectivity index (χ0) is 27.9. The lowest BCUT2D eigenvalue weighted by Gasteiger charge is -2.71. The van der Waals surface area contributed by atoms with Gasteiger partial charge in [-0.3, -0.25) is 9.59 Å². The van der Waals surface area contributed by atoms with Crippen LogP contribution in [0.3, 0.4) is 0 Å². The van der Waals surface area contributed by atoms with Crippen LogP contribution in [0, 0.1) is 56.7 Å². The van der Waals surface area contributed by atoms with Crippen molar-refractivity contribution in [3.8, 4) is 0 Å². The van der Waals surface area contributed by atoms with Crippen LogP contribution in [0.2, 0.25) is 0 Å². The zero-order valence-corrected chi connectivity index (χ0v) is 25.5. The molecule has 0 saturated heterocycles. The van der Waals surface area contributed by atoms with Gasteiger partial charge in [0, 0.05) is 11.8 Å². The smallest absolute Gasteiger partial charge is 0.310 e. The Kier molecular flexibility index (Phi) is 6.76. The number of fused-ring (bicyclic) bond motifs is 7. The number of carboxylic acids is 1. The van der Waals surface area contributed by atoms with Gasteiger partial charge < -0.3 is 9.84 Å². The SMILES string of the molecule is CCCC(=O)O[C@H]1CC[C@@]2(C)C(CC[C@]3(C)[C@@H]2CC=C2[C@@H]4[C@@H](C)[C@H](C)CC[C@]4(C(=O)O)CC[C@]23C)C1(C)C. The van der Waals surface area contributed by atoms with Gasteiger partial charge >= 0.3 is 11.9 Å². The lowest BCUT2D eigenvalue weighted by atomic mass is 9.33. The molecule has 5 rings (SSSR count). The number of carbonyl (C=O) groups is 2. The summed E-state index contributed by atoms with van der Waals surface area (Å²) >= 11 is 0. The molecule has 4 fully saturated rings. The Hall–Kier alpha value is -1.32. The van der Waals surface area contributed by atoms with E-state index in [0.29, 0.717) is 30.1 Å². The maximum Gasteiger partial charge on any atom is 0.310 e. The van der Waals surface area contributed by atoms with Crippen LogP contribution >= 0.6 is 0 Å². The van der Waals surface area contributed by atoms with Gasteiger partial charge in [-0.05, 0) is 110 Å². The summed E-state index contributed by atoms with van der Waals surface area (Å²) in [6.45, 7) is 19.1. The largest absolute Gasteiger partial charge is 0.481 e. The summed E-state index contributed by atoms with van der Waals surface area (Å²) in [5.41, 5.74) is 1.29. The van der Waals surface area contributed by atoms with E-state index in [1.807, 2.05) is 6.92 Å². The number of hydrogen-bond donors (Lipinski definition) is 1. The molecule has 4 saturated carbocycles. The predicted octanol–water partition coefficient (Wildman–Crippen LogP) is 8.44. The fourth-order valence-corrected chi connectivity index (χ4v) is 11.5. The van der Waals surface area contributed by atoms with E-state index in [1.54, 1.807) is 0 Å². The summed E-state index contributed by atoms with van der Waals surface area (Å²) in [5.74, 6) is 1.65. The topological polar surface area (TPSA) is 63.6 Å². The highest BCUT2D eigenvalue weighted by atomic mass is 16.5. The molecule has 0 aromatic rings. The van der Waals surface area contributed by atoms with Crippen LogP contribution in [0.1, 0.15) is 126 Å². The molecule has 38 heavy (non-hydrogen) atoms. The normalized spacial score (nSPS) is 49.4. The first-order valence-corrected chi connectivity index (χ1v) is 15.8. The van der Waals surface area contributed by atoms with E-state index in [4.69, 9.17) is 4.74 Å². The lowest BCUT2D eigenvalue weighted by Crippen LogP contribution is -2.65. The third-order valence-electron chi connectivity index (χ3n) is 14.1. The number of carbonyl (C=O) groups excluding carboxylic acids is 1. The van der Waals surface area contributed by atoms with E-state index < -0.39 is 11.4 Å². The molecule has 1 N–H and O–H groups in total. The first-order chi connectivity index (χ1) is 17.7. The first-order valence-electron chi connectivity index (χ1n) is 15.8. The predicted molar refractivity (Wildman–Crippen MR) is 151 cm³/mol. The summed E-state index contributed by atoms with van der Waals surface area (Å²) < 4.78 is 6.12. The number of hydrogen-bond acceptors (Lipinski definition) is 3. The quantitative estimate of drug-likeness (QED) is 0.295.